The number of ether oxygens (including phenoxy) is 2. The molecule has 3 aliphatic heterocycles. The lowest BCUT2D eigenvalue weighted by molar-refractivity contribution is -0.136. The van der Waals surface area contributed by atoms with Crippen molar-refractivity contribution >= 4 is 23.4 Å². The number of fused-ring (bicyclic) bond motifs is 1. The molecule has 0 aromatic heterocycles. The van der Waals surface area contributed by atoms with Crippen LogP contribution in [-0.4, -0.2) is 117 Å². The van der Waals surface area contributed by atoms with Crippen molar-refractivity contribution in [2.75, 3.05) is 84.1 Å². The number of benzene rings is 1. The standard InChI is InChI=1S/C25H38N6O5/c26-5-13-35-15-11-29-7-9-30(10-8-29)12-16-36-14-6-27-20-1-2-21-19(17-20)18-31(25(21)34)22-3-4-23(32)28-24(22)33/h1-2,17,22,27H,3-16,18,26H2,(H,28,32,33). The molecule has 1 atom stereocenters. The van der Waals surface area contributed by atoms with Crippen LogP contribution in [0.25, 0.3) is 0 Å². The van der Waals surface area contributed by atoms with E-state index < -0.39 is 11.9 Å². The van der Waals surface area contributed by atoms with Crippen molar-refractivity contribution in [3.05, 3.63) is 29.3 Å². The molecule has 1 unspecified atom stereocenters. The second-order valence-electron chi connectivity index (χ2n) is 9.40. The van der Waals surface area contributed by atoms with Gasteiger partial charge >= 0.3 is 0 Å². The third-order valence-corrected chi connectivity index (χ3v) is 6.93. The van der Waals surface area contributed by atoms with Gasteiger partial charge in [-0.2, -0.15) is 0 Å². The largest absolute Gasteiger partial charge is 0.383 e. The Balaban J connectivity index is 1.10. The van der Waals surface area contributed by atoms with Gasteiger partial charge < -0.3 is 25.4 Å². The predicted octanol–water partition coefficient (Wildman–Crippen LogP) is -0.531. The lowest BCUT2D eigenvalue weighted by Gasteiger charge is -2.34. The van der Waals surface area contributed by atoms with Gasteiger partial charge in [0.2, 0.25) is 11.8 Å². The van der Waals surface area contributed by atoms with E-state index in [1.165, 1.54) is 0 Å². The molecule has 3 amide bonds. The van der Waals surface area contributed by atoms with Gasteiger partial charge in [-0.3, -0.25) is 29.5 Å². The van der Waals surface area contributed by atoms with Crippen molar-refractivity contribution in [3.63, 3.8) is 0 Å². The fraction of sp³-hybridized carbons (Fsp3) is 0.640. The normalized spacial score (nSPS) is 21.1. The topological polar surface area (TPSA) is 129 Å². The first-order chi connectivity index (χ1) is 17.5. The number of nitrogens with one attached hydrogen (secondary N) is 2. The zero-order valence-corrected chi connectivity index (χ0v) is 20.9. The van der Waals surface area contributed by atoms with Gasteiger partial charge in [0.05, 0.1) is 26.4 Å². The number of rotatable bonds is 13. The summed E-state index contributed by atoms with van der Waals surface area (Å²) in [5.74, 6) is -0.829. The number of hydrogen-bond acceptors (Lipinski definition) is 9. The van der Waals surface area contributed by atoms with Crippen LogP contribution < -0.4 is 16.4 Å². The summed E-state index contributed by atoms with van der Waals surface area (Å²) >= 11 is 0. The third-order valence-electron chi connectivity index (χ3n) is 6.93. The Morgan fingerprint density at radius 2 is 1.67 bits per heavy atom. The second-order valence-corrected chi connectivity index (χ2v) is 9.40. The van der Waals surface area contributed by atoms with Crippen molar-refractivity contribution in [1.29, 1.82) is 0 Å². The van der Waals surface area contributed by atoms with Crippen molar-refractivity contribution in [2.45, 2.75) is 25.4 Å². The van der Waals surface area contributed by atoms with E-state index in [1.807, 2.05) is 12.1 Å². The first-order valence-corrected chi connectivity index (χ1v) is 12.9. The van der Waals surface area contributed by atoms with Crippen LogP contribution >= 0.6 is 0 Å². The SMILES string of the molecule is NCCOCCN1CCN(CCOCCNc2ccc3c(c2)CN(C2CCC(=O)NC2=O)C3=O)CC1. The fourth-order valence-electron chi connectivity index (χ4n) is 4.86. The molecule has 0 bridgehead atoms. The van der Waals surface area contributed by atoms with Gasteiger partial charge in [-0.1, -0.05) is 0 Å². The van der Waals surface area contributed by atoms with Crippen LogP contribution in [0.15, 0.2) is 18.2 Å². The van der Waals surface area contributed by atoms with E-state index in [2.05, 4.69) is 20.4 Å². The summed E-state index contributed by atoms with van der Waals surface area (Å²) in [5.41, 5.74) is 7.86. The van der Waals surface area contributed by atoms with E-state index in [9.17, 15) is 14.4 Å². The Labute approximate surface area is 212 Å². The second kappa shape index (κ2) is 13.1. The van der Waals surface area contributed by atoms with Crippen LogP contribution in [0.4, 0.5) is 5.69 Å². The minimum absolute atomic E-state index is 0.157. The minimum atomic E-state index is -0.592. The van der Waals surface area contributed by atoms with E-state index in [0.29, 0.717) is 51.4 Å². The van der Waals surface area contributed by atoms with E-state index in [0.717, 1.165) is 57.1 Å². The molecule has 36 heavy (non-hydrogen) atoms. The highest BCUT2D eigenvalue weighted by Crippen LogP contribution is 2.29. The Kier molecular flexibility index (Phi) is 9.65. The van der Waals surface area contributed by atoms with Gasteiger partial charge in [0.1, 0.15) is 6.04 Å². The van der Waals surface area contributed by atoms with Crippen molar-refractivity contribution in [1.82, 2.24) is 20.0 Å². The molecule has 198 valence electrons. The van der Waals surface area contributed by atoms with Crippen molar-refractivity contribution < 1.29 is 23.9 Å². The number of anilines is 1. The summed E-state index contributed by atoms with van der Waals surface area (Å²) in [6.45, 7) is 10.3. The zero-order chi connectivity index (χ0) is 25.3. The first kappa shape index (κ1) is 26.5. The molecular formula is C25H38N6O5. The van der Waals surface area contributed by atoms with Gasteiger partial charge in [-0.15, -0.1) is 0 Å². The van der Waals surface area contributed by atoms with E-state index in [-0.39, 0.29) is 18.2 Å². The quantitative estimate of drug-likeness (QED) is 0.241. The molecule has 4 N–H and O–H groups in total. The smallest absolute Gasteiger partial charge is 0.255 e. The lowest BCUT2D eigenvalue weighted by atomic mass is 10.0. The highest BCUT2D eigenvalue weighted by molar-refractivity contribution is 6.05. The van der Waals surface area contributed by atoms with Crippen molar-refractivity contribution in [2.24, 2.45) is 5.73 Å². The van der Waals surface area contributed by atoms with Gasteiger partial charge in [-0.05, 0) is 30.2 Å². The molecule has 4 rings (SSSR count). The maximum absolute atomic E-state index is 12.8. The Bertz CT molecular complexity index is 920. The molecule has 3 aliphatic rings. The van der Waals surface area contributed by atoms with Crippen LogP contribution in [0.5, 0.6) is 0 Å². The van der Waals surface area contributed by atoms with Gasteiger partial charge in [0, 0.05) is 76.6 Å². The highest BCUT2D eigenvalue weighted by Gasteiger charge is 2.39. The Morgan fingerprint density at radius 1 is 0.972 bits per heavy atom. The average molecular weight is 503 g/mol. The number of piperazine rings is 1. The van der Waals surface area contributed by atoms with Crippen LogP contribution in [-0.2, 0) is 25.6 Å². The number of nitrogens with two attached hydrogens (primary N) is 1. The molecule has 0 radical (unpaired) electrons. The van der Waals surface area contributed by atoms with Crippen molar-refractivity contribution in [3.8, 4) is 0 Å². The number of nitrogens with zero attached hydrogens (tertiary/aromatic N) is 3. The number of carbonyl (C=O) groups excluding carboxylic acids is 3. The zero-order valence-electron chi connectivity index (χ0n) is 20.9. The molecule has 3 heterocycles. The van der Waals surface area contributed by atoms with Crippen LogP contribution in [0.3, 0.4) is 0 Å². The third kappa shape index (κ3) is 7.01. The number of hydrogen-bond donors (Lipinski definition) is 3. The Morgan fingerprint density at radius 3 is 2.33 bits per heavy atom. The predicted molar refractivity (Wildman–Crippen MR) is 135 cm³/mol. The minimum Gasteiger partial charge on any atom is -0.383 e. The molecule has 0 saturated carbocycles. The summed E-state index contributed by atoms with van der Waals surface area (Å²) in [6.07, 6.45) is 0.622. The molecule has 2 fully saturated rings. The van der Waals surface area contributed by atoms with Crippen LogP contribution in [0, 0.1) is 0 Å². The van der Waals surface area contributed by atoms with Gasteiger partial charge in [-0.25, -0.2) is 0 Å². The summed E-state index contributed by atoms with van der Waals surface area (Å²) < 4.78 is 11.3. The average Bonchev–Trinajstić information content (AvgIpc) is 3.20. The summed E-state index contributed by atoms with van der Waals surface area (Å²) in [7, 11) is 0. The summed E-state index contributed by atoms with van der Waals surface area (Å²) in [6, 6.07) is 5.05. The summed E-state index contributed by atoms with van der Waals surface area (Å²) in [5, 5.41) is 5.68. The number of amides is 3. The molecule has 11 heteroatoms. The Hall–Kier alpha value is -2.57. The molecule has 1 aromatic rings. The number of carbonyl (C=O) groups is 3. The van der Waals surface area contributed by atoms with Crippen LogP contribution in [0.2, 0.25) is 0 Å². The molecular weight excluding hydrogens is 464 g/mol. The van der Waals surface area contributed by atoms with Gasteiger partial charge in [0.15, 0.2) is 0 Å². The van der Waals surface area contributed by atoms with E-state index >= 15 is 0 Å². The first-order valence-electron chi connectivity index (χ1n) is 12.9. The molecule has 1 aromatic carbocycles. The maximum atomic E-state index is 12.8. The maximum Gasteiger partial charge on any atom is 0.255 e. The molecule has 0 spiro atoms. The monoisotopic (exact) mass is 502 g/mol. The fourth-order valence-corrected chi connectivity index (χ4v) is 4.86. The molecule has 11 nitrogen and oxygen atoms in total. The van der Waals surface area contributed by atoms with E-state index in [1.54, 1.807) is 11.0 Å². The molecule has 0 aliphatic carbocycles. The van der Waals surface area contributed by atoms with E-state index in [4.69, 9.17) is 15.2 Å². The molecule has 2 saturated heterocycles. The van der Waals surface area contributed by atoms with Gasteiger partial charge in [0.25, 0.3) is 5.91 Å². The van der Waals surface area contributed by atoms with Crippen LogP contribution in [0.1, 0.15) is 28.8 Å². The summed E-state index contributed by atoms with van der Waals surface area (Å²) in [4.78, 5) is 42.8. The number of imide groups is 1. The highest BCUT2D eigenvalue weighted by atomic mass is 16.5. The lowest BCUT2D eigenvalue weighted by Crippen LogP contribution is -2.52. The number of piperidine rings is 1.